The van der Waals surface area contributed by atoms with Gasteiger partial charge in [0, 0.05) is 20.3 Å². The van der Waals surface area contributed by atoms with Crippen molar-refractivity contribution in [3.63, 3.8) is 0 Å². The zero-order valence-corrected chi connectivity index (χ0v) is 13.5. The molecule has 3 N–H and O–H groups in total. The highest BCUT2D eigenvalue weighted by atomic mass is 79.9. The van der Waals surface area contributed by atoms with Crippen molar-refractivity contribution >= 4 is 39.3 Å². The Bertz CT molecular complexity index is 421. The van der Waals surface area contributed by atoms with Crippen molar-refractivity contribution in [1.82, 2.24) is 5.43 Å². The molecule has 0 bridgehead atoms. The van der Waals surface area contributed by atoms with E-state index in [-0.39, 0.29) is 10.8 Å². The zero-order valence-electron chi connectivity index (χ0n) is 10.4. The van der Waals surface area contributed by atoms with Crippen LogP contribution in [0.25, 0.3) is 0 Å². The maximum absolute atomic E-state index is 6.28. The van der Waals surface area contributed by atoms with E-state index in [0.29, 0.717) is 0 Å². The van der Waals surface area contributed by atoms with Gasteiger partial charge in [-0.3, -0.25) is 11.3 Å². The van der Waals surface area contributed by atoms with Crippen LogP contribution < -0.4 is 11.3 Å². The van der Waals surface area contributed by atoms with E-state index in [9.17, 15) is 0 Å². The minimum absolute atomic E-state index is 0.213. The summed E-state index contributed by atoms with van der Waals surface area (Å²) in [5, 5.41) is 0.802. The fourth-order valence-electron chi connectivity index (χ4n) is 2.43. The molecule has 0 saturated carbocycles. The van der Waals surface area contributed by atoms with Crippen LogP contribution in [0.15, 0.2) is 22.7 Å². The highest BCUT2D eigenvalue weighted by molar-refractivity contribution is 9.10. The Hall–Kier alpha value is 0.260. The smallest absolute Gasteiger partial charge is 0.0449 e. The van der Waals surface area contributed by atoms with Gasteiger partial charge in [0.1, 0.15) is 0 Å². The van der Waals surface area contributed by atoms with Crippen LogP contribution in [0.4, 0.5) is 0 Å². The van der Waals surface area contributed by atoms with Crippen molar-refractivity contribution in [1.29, 1.82) is 0 Å². The molecule has 0 radical (unpaired) electrons. The lowest BCUT2D eigenvalue weighted by atomic mass is 9.91. The Kier molecular flexibility index (Phi) is 5.00. The molecule has 100 valence electrons. The monoisotopic (exact) mass is 348 g/mol. The lowest BCUT2D eigenvalue weighted by Crippen LogP contribution is -2.50. The van der Waals surface area contributed by atoms with Gasteiger partial charge in [-0.05, 0) is 49.6 Å². The molecule has 1 aromatic rings. The number of hydrazine groups is 1. The quantitative estimate of drug-likeness (QED) is 0.642. The molecule has 1 heterocycles. The van der Waals surface area contributed by atoms with Crippen LogP contribution in [0.2, 0.25) is 5.02 Å². The first-order chi connectivity index (χ1) is 8.55. The average molecular weight is 350 g/mol. The second-order valence-electron chi connectivity index (χ2n) is 4.92. The first kappa shape index (κ1) is 14.7. The summed E-state index contributed by atoms with van der Waals surface area (Å²) in [5.41, 5.74) is 4.13. The maximum atomic E-state index is 6.28. The minimum Gasteiger partial charge on any atom is -0.271 e. The Balaban J connectivity index is 2.15. The Morgan fingerprint density at radius 1 is 1.61 bits per heavy atom. The van der Waals surface area contributed by atoms with E-state index >= 15 is 0 Å². The summed E-state index contributed by atoms with van der Waals surface area (Å²) in [7, 11) is 0. The van der Waals surface area contributed by atoms with E-state index in [0.717, 1.165) is 21.5 Å². The molecule has 0 aliphatic carbocycles. The zero-order chi connectivity index (χ0) is 13.2. The minimum atomic E-state index is 0.213. The van der Waals surface area contributed by atoms with Crippen molar-refractivity contribution in [2.75, 3.05) is 5.75 Å². The molecule has 2 nitrogen and oxygen atoms in total. The molecule has 18 heavy (non-hydrogen) atoms. The predicted octanol–water partition coefficient (Wildman–Crippen LogP) is 3.76. The molecule has 2 unspecified atom stereocenters. The molecule has 0 aromatic heterocycles. The number of hydrogen-bond donors (Lipinski definition) is 2. The van der Waals surface area contributed by atoms with Gasteiger partial charge in [-0.25, -0.2) is 0 Å². The van der Waals surface area contributed by atoms with Gasteiger partial charge in [0.05, 0.1) is 0 Å². The Morgan fingerprint density at radius 2 is 2.39 bits per heavy atom. The molecule has 2 rings (SSSR count). The predicted molar refractivity (Wildman–Crippen MR) is 84.1 cm³/mol. The third kappa shape index (κ3) is 3.23. The molecule has 1 aliphatic heterocycles. The lowest BCUT2D eigenvalue weighted by molar-refractivity contribution is 0.405. The van der Waals surface area contributed by atoms with Crippen LogP contribution in [0.1, 0.15) is 25.3 Å². The second kappa shape index (κ2) is 6.14. The van der Waals surface area contributed by atoms with E-state index in [1.807, 2.05) is 23.9 Å². The van der Waals surface area contributed by atoms with Gasteiger partial charge in [0.25, 0.3) is 0 Å². The number of thioether (sulfide) groups is 1. The van der Waals surface area contributed by atoms with Crippen molar-refractivity contribution in [3.8, 4) is 0 Å². The van der Waals surface area contributed by atoms with Gasteiger partial charge < -0.3 is 0 Å². The summed E-state index contributed by atoms with van der Waals surface area (Å²) in [6, 6.07) is 6.29. The highest BCUT2D eigenvalue weighted by Crippen LogP contribution is 2.41. The normalized spacial score (nSPS) is 25.3. The van der Waals surface area contributed by atoms with Gasteiger partial charge in [-0.15, -0.1) is 0 Å². The van der Waals surface area contributed by atoms with Crippen molar-refractivity contribution in [2.24, 2.45) is 5.84 Å². The van der Waals surface area contributed by atoms with Gasteiger partial charge in [-0.1, -0.05) is 33.6 Å². The average Bonchev–Trinajstić information content (AvgIpc) is 2.76. The van der Waals surface area contributed by atoms with Crippen LogP contribution in [-0.4, -0.2) is 16.5 Å². The summed E-state index contributed by atoms with van der Waals surface area (Å²) < 4.78 is 1.22. The summed E-state index contributed by atoms with van der Waals surface area (Å²) in [6.45, 7) is 2.29. The van der Waals surface area contributed by atoms with E-state index in [4.69, 9.17) is 17.4 Å². The summed E-state index contributed by atoms with van der Waals surface area (Å²) >= 11 is 11.7. The lowest BCUT2D eigenvalue weighted by Gasteiger charge is -2.33. The van der Waals surface area contributed by atoms with Crippen LogP contribution in [-0.2, 0) is 6.42 Å². The SMILES string of the molecule is CC1(C(Cc2ccc(Br)cc2Cl)NN)CCCS1. The van der Waals surface area contributed by atoms with E-state index in [1.165, 1.54) is 18.6 Å². The van der Waals surface area contributed by atoms with Crippen molar-refractivity contribution < 1.29 is 0 Å². The summed E-state index contributed by atoms with van der Waals surface area (Å²) in [4.78, 5) is 0. The van der Waals surface area contributed by atoms with Gasteiger partial charge in [-0.2, -0.15) is 11.8 Å². The molecule has 1 saturated heterocycles. The van der Waals surface area contributed by atoms with Gasteiger partial charge >= 0.3 is 0 Å². The fraction of sp³-hybridized carbons (Fsp3) is 0.538. The molecule has 5 heteroatoms. The van der Waals surface area contributed by atoms with E-state index < -0.39 is 0 Å². The van der Waals surface area contributed by atoms with Crippen LogP contribution in [0, 0.1) is 0 Å². The molecule has 0 spiro atoms. The van der Waals surface area contributed by atoms with Crippen molar-refractivity contribution in [3.05, 3.63) is 33.3 Å². The molecule has 1 fully saturated rings. The molecule has 1 aromatic carbocycles. The van der Waals surface area contributed by atoms with Crippen LogP contribution in [0.3, 0.4) is 0 Å². The van der Waals surface area contributed by atoms with Crippen LogP contribution >= 0.6 is 39.3 Å². The standard InChI is InChI=1S/C13H18BrClN2S/c1-13(5-2-6-18-13)12(17-16)7-9-3-4-10(14)8-11(9)15/h3-4,8,12,17H,2,5-7,16H2,1H3. The Morgan fingerprint density at radius 3 is 2.94 bits per heavy atom. The second-order valence-corrected chi connectivity index (χ2v) is 7.88. The largest absolute Gasteiger partial charge is 0.271 e. The van der Waals surface area contributed by atoms with Crippen LogP contribution in [0.5, 0.6) is 0 Å². The molecule has 2 atom stereocenters. The number of nitrogens with one attached hydrogen (secondary N) is 1. The number of halogens is 2. The third-order valence-electron chi connectivity index (χ3n) is 3.63. The first-order valence-electron chi connectivity index (χ1n) is 6.09. The molecule has 1 aliphatic rings. The number of hydrogen-bond acceptors (Lipinski definition) is 3. The molecular weight excluding hydrogens is 332 g/mol. The van der Waals surface area contributed by atoms with E-state index in [2.05, 4.69) is 34.3 Å². The maximum Gasteiger partial charge on any atom is 0.0449 e. The van der Waals surface area contributed by atoms with Gasteiger partial charge in [0.15, 0.2) is 0 Å². The van der Waals surface area contributed by atoms with E-state index in [1.54, 1.807) is 0 Å². The number of benzene rings is 1. The molecular formula is C13H18BrClN2S. The Labute approximate surface area is 126 Å². The van der Waals surface area contributed by atoms with Gasteiger partial charge in [0.2, 0.25) is 0 Å². The fourth-order valence-corrected chi connectivity index (χ4v) is 4.58. The molecule has 0 amide bonds. The number of rotatable bonds is 4. The third-order valence-corrected chi connectivity index (χ3v) is 6.11. The first-order valence-corrected chi connectivity index (χ1v) is 8.25. The summed E-state index contributed by atoms with van der Waals surface area (Å²) in [6.07, 6.45) is 3.35. The summed E-state index contributed by atoms with van der Waals surface area (Å²) in [5.74, 6) is 6.97. The topological polar surface area (TPSA) is 38.0 Å². The number of nitrogens with two attached hydrogens (primary N) is 1. The van der Waals surface area contributed by atoms with Crippen molar-refractivity contribution in [2.45, 2.75) is 37.0 Å². The highest BCUT2D eigenvalue weighted by Gasteiger charge is 2.37.